The van der Waals surface area contributed by atoms with Gasteiger partial charge in [0.2, 0.25) is 0 Å². The van der Waals surface area contributed by atoms with E-state index in [0.29, 0.717) is 32.9 Å². The van der Waals surface area contributed by atoms with Crippen LogP contribution in [0.15, 0.2) is 58.6 Å². The van der Waals surface area contributed by atoms with Crippen LogP contribution in [-0.4, -0.2) is 16.6 Å². The number of thioether (sulfide) groups is 1. The number of nitrogens with one attached hydrogen (secondary N) is 1. The number of benzene rings is 2. The van der Waals surface area contributed by atoms with Gasteiger partial charge >= 0.3 is 0 Å². The van der Waals surface area contributed by atoms with Crippen molar-refractivity contribution in [3.63, 3.8) is 0 Å². The molecule has 0 bridgehead atoms. The molecular weight excluding hydrogens is 309 g/mol. The summed E-state index contributed by atoms with van der Waals surface area (Å²) in [6.45, 7) is 0. The van der Waals surface area contributed by atoms with Gasteiger partial charge in [0.05, 0.1) is 16.4 Å². The average Bonchev–Trinajstić information content (AvgIpc) is 2.51. The summed E-state index contributed by atoms with van der Waals surface area (Å²) in [7, 11) is 0. The maximum Gasteiger partial charge on any atom is 0.182 e. The molecule has 0 spiro atoms. The van der Waals surface area contributed by atoms with Crippen LogP contribution in [0.4, 0.5) is 10.1 Å². The van der Waals surface area contributed by atoms with E-state index < -0.39 is 0 Å². The minimum absolute atomic E-state index is 0.273. The summed E-state index contributed by atoms with van der Waals surface area (Å²) in [5.74, 6) is 0.280. The van der Waals surface area contributed by atoms with Crippen molar-refractivity contribution in [3.8, 4) is 0 Å². The lowest BCUT2D eigenvalue weighted by atomic mass is 10.1. The van der Waals surface area contributed by atoms with Crippen molar-refractivity contribution in [2.24, 2.45) is 10.1 Å². The van der Waals surface area contributed by atoms with E-state index in [1.165, 1.54) is 17.8 Å². The van der Waals surface area contributed by atoms with Crippen LogP contribution in [0.3, 0.4) is 0 Å². The van der Waals surface area contributed by atoms with E-state index in [4.69, 9.17) is 11.6 Å². The van der Waals surface area contributed by atoms with Gasteiger partial charge in [-0.05, 0) is 18.2 Å². The van der Waals surface area contributed by atoms with Crippen molar-refractivity contribution >= 4 is 39.9 Å². The molecule has 1 heterocycles. The van der Waals surface area contributed by atoms with Crippen LogP contribution >= 0.6 is 23.4 Å². The van der Waals surface area contributed by atoms with Crippen LogP contribution in [0.25, 0.3) is 0 Å². The maximum atomic E-state index is 13.7. The fourth-order valence-corrected chi connectivity index (χ4v) is 2.80. The van der Waals surface area contributed by atoms with Crippen molar-refractivity contribution in [2.45, 2.75) is 0 Å². The van der Waals surface area contributed by atoms with Gasteiger partial charge in [-0.15, -0.1) is 0 Å². The predicted octanol–water partition coefficient (Wildman–Crippen LogP) is 4.21. The highest BCUT2D eigenvalue weighted by atomic mass is 35.5. The lowest BCUT2D eigenvalue weighted by Crippen LogP contribution is -2.25. The van der Waals surface area contributed by atoms with E-state index in [2.05, 4.69) is 15.5 Å². The van der Waals surface area contributed by atoms with Crippen molar-refractivity contribution in [1.82, 2.24) is 5.43 Å². The molecule has 0 amide bonds. The Kier molecular flexibility index (Phi) is 4.22. The Morgan fingerprint density at radius 2 is 1.90 bits per heavy atom. The topological polar surface area (TPSA) is 36.8 Å². The van der Waals surface area contributed by atoms with Crippen LogP contribution in [0.2, 0.25) is 5.02 Å². The van der Waals surface area contributed by atoms with Gasteiger partial charge in [-0.25, -0.2) is 9.38 Å². The third kappa shape index (κ3) is 3.25. The molecule has 1 aliphatic heterocycles. The van der Waals surface area contributed by atoms with Gasteiger partial charge in [0, 0.05) is 11.3 Å². The molecule has 6 heteroatoms. The van der Waals surface area contributed by atoms with Gasteiger partial charge in [-0.3, -0.25) is 5.43 Å². The second kappa shape index (κ2) is 6.28. The van der Waals surface area contributed by atoms with Crippen molar-refractivity contribution in [3.05, 3.63) is 64.9 Å². The Labute approximate surface area is 130 Å². The Balaban J connectivity index is 1.81. The summed E-state index contributed by atoms with van der Waals surface area (Å²) in [6, 6.07) is 13.9. The van der Waals surface area contributed by atoms with Gasteiger partial charge in [-0.2, -0.15) is 5.10 Å². The van der Waals surface area contributed by atoms with Crippen molar-refractivity contribution in [1.29, 1.82) is 0 Å². The number of rotatable bonds is 2. The highest BCUT2D eigenvalue weighted by molar-refractivity contribution is 8.14. The zero-order chi connectivity index (χ0) is 14.7. The van der Waals surface area contributed by atoms with Crippen LogP contribution in [-0.2, 0) is 0 Å². The molecule has 1 aliphatic rings. The minimum atomic E-state index is -0.273. The molecule has 1 N–H and O–H groups in total. The van der Waals surface area contributed by atoms with Gasteiger partial charge < -0.3 is 0 Å². The molecule has 0 atom stereocenters. The molecule has 2 aromatic carbocycles. The van der Waals surface area contributed by atoms with Gasteiger partial charge in [0.25, 0.3) is 0 Å². The van der Waals surface area contributed by atoms with E-state index in [-0.39, 0.29) is 5.82 Å². The molecule has 0 unspecified atom stereocenters. The number of hydrogen-bond acceptors (Lipinski definition) is 3. The number of halogens is 2. The minimum Gasteiger partial charge on any atom is -0.255 e. The first-order chi connectivity index (χ1) is 10.2. The quantitative estimate of drug-likeness (QED) is 0.900. The molecule has 0 fully saturated rings. The molecule has 106 valence electrons. The number of para-hydroxylation sites is 1. The Hall–Kier alpha value is -1.85. The number of hydrogen-bond donors (Lipinski definition) is 1. The van der Waals surface area contributed by atoms with Gasteiger partial charge in [0.1, 0.15) is 5.82 Å². The van der Waals surface area contributed by atoms with E-state index in [1.54, 1.807) is 24.3 Å². The largest absolute Gasteiger partial charge is 0.255 e. The summed E-state index contributed by atoms with van der Waals surface area (Å²) in [4.78, 5) is 4.40. The Morgan fingerprint density at radius 3 is 2.62 bits per heavy atom. The SMILES string of the molecule is Fc1ccccc1C1=NNC(=Nc2ccccc2Cl)SC1. The molecule has 21 heavy (non-hydrogen) atoms. The zero-order valence-electron chi connectivity index (χ0n) is 10.9. The van der Waals surface area contributed by atoms with Crippen molar-refractivity contribution in [2.75, 3.05) is 5.75 Å². The number of nitrogens with zero attached hydrogens (tertiary/aromatic N) is 2. The van der Waals surface area contributed by atoms with Crippen LogP contribution in [0.1, 0.15) is 5.56 Å². The van der Waals surface area contributed by atoms with Gasteiger partial charge in [-0.1, -0.05) is 53.7 Å². The van der Waals surface area contributed by atoms with Crippen molar-refractivity contribution < 1.29 is 4.39 Å². The standard InChI is InChI=1S/C15H11ClFN3S/c16-11-6-2-4-8-13(11)18-15-20-19-14(9-21-15)10-5-1-3-7-12(10)17/h1-8H,9H2,(H,18,20). The smallest absolute Gasteiger partial charge is 0.182 e. The highest BCUT2D eigenvalue weighted by Crippen LogP contribution is 2.26. The molecule has 0 aromatic heterocycles. The lowest BCUT2D eigenvalue weighted by molar-refractivity contribution is 0.625. The molecule has 0 saturated heterocycles. The van der Waals surface area contributed by atoms with Crippen LogP contribution < -0.4 is 5.43 Å². The monoisotopic (exact) mass is 319 g/mol. The van der Waals surface area contributed by atoms with Crippen LogP contribution in [0, 0.1) is 5.82 Å². The predicted molar refractivity (Wildman–Crippen MR) is 87.1 cm³/mol. The van der Waals surface area contributed by atoms with E-state index in [0.717, 1.165) is 0 Å². The summed E-state index contributed by atoms with van der Waals surface area (Å²) >= 11 is 7.52. The lowest BCUT2D eigenvalue weighted by Gasteiger charge is -2.15. The first-order valence-corrected chi connectivity index (χ1v) is 7.64. The van der Waals surface area contributed by atoms with Crippen LogP contribution in [0.5, 0.6) is 0 Å². The summed E-state index contributed by atoms with van der Waals surface area (Å²) in [6.07, 6.45) is 0. The molecule has 3 rings (SSSR count). The van der Waals surface area contributed by atoms with E-state index >= 15 is 0 Å². The molecular formula is C15H11ClFN3S. The van der Waals surface area contributed by atoms with E-state index in [9.17, 15) is 4.39 Å². The average molecular weight is 320 g/mol. The number of amidine groups is 1. The Morgan fingerprint density at radius 1 is 1.14 bits per heavy atom. The van der Waals surface area contributed by atoms with Gasteiger partial charge in [0.15, 0.2) is 5.17 Å². The fraction of sp³-hybridized carbons (Fsp3) is 0.0667. The molecule has 0 saturated carbocycles. The Bertz CT molecular complexity index is 730. The highest BCUT2D eigenvalue weighted by Gasteiger charge is 2.16. The third-order valence-electron chi connectivity index (χ3n) is 2.89. The number of hydrazone groups is 1. The normalized spacial score (nSPS) is 16.5. The third-order valence-corrected chi connectivity index (χ3v) is 4.08. The zero-order valence-corrected chi connectivity index (χ0v) is 12.5. The maximum absolute atomic E-state index is 13.7. The summed E-state index contributed by atoms with van der Waals surface area (Å²) in [5.41, 5.74) is 4.70. The molecule has 2 aromatic rings. The summed E-state index contributed by atoms with van der Waals surface area (Å²) < 4.78 is 13.7. The summed E-state index contributed by atoms with van der Waals surface area (Å²) in [5, 5.41) is 5.42. The first kappa shape index (κ1) is 14.1. The molecule has 0 radical (unpaired) electrons. The second-order valence-corrected chi connectivity index (χ2v) is 5.68. The molecule has 0 aliphatic carbocycles. The fourth-order valence-electron chi connectivity index (χ4n) is 1.86. The molecule has 3 nitrogen and oxygen atoms in total. The number of aliphatic imine (C=N–C) groups is 1. The first-order valence-electron chi connectivity index (χ1n) is 6.27. The van der Waals surface area contributed by atoms with E-state index in [1.807, 2.05) is 18.2 Å². The second-order valence-electron chi connectivity index (χ2n) is 4.31.